The third-order valence-electron chi connectivity index (χ3n) is 4.76. The highest BCUT2D eigenvalue weighted by Crippen LogP contribution is 2.23. The number of nitrogens with one attached hydrogen (secondary N) is 3. The van der Waals surface area contributed by atoms with E-state index in [0.29, 0.717) is 35.2 Å². The first-order chi connectivity index (χ1) is 15.3. The lowest BCUT2D eigenvalue weighted by Gasteiger charge is -2.15. The van der Waals surface area contributed by atoms with Crippen molar-refractivity contribution in [3.05, 3.63) is 83.4 Å². The highest BCUT2D eigenvalue weighted by atomic mass is 35.5. The monoisotopic (exact) mass is 470 g/mol. The summed E-state index contributed by atoms with van der Waals surface area (Å²) in [7, 11) is -3.92. The Kier molecular flexibility index (Phi) is 6.02. The molecule has 3 amide bonds. The van der Waals surface area contributed by atoms with Gasteiger partial charge < -0.3 is 10.6 Å². The van der Waals surface area contributed by atoms with Gasteiger partial charge in [0, 0.05) is 35.1 Å². The van der Waals surface area contributed by atoms with Crippen LogP contribution in [0, 0.1) is 0 Å². The van der Waals surface area contributed by atoms with Crippen LogP contribution in [0.4, 0.5) is 21.9 Å². The molecular weight excluding hydrogens is 452 g/mol. The third kappa shape index (κ3) is 4.84. The van der Waals surface area contributed by atoms with Crippen LogP contribution in [0.5, 0.6) is 0 Å². The van der Waals surface area contributed by atoms with Crippen LogP contribution in [-0.4, -0.2) is 33.4 Å². The first-order valence-electron chi connectivity index (χ1n) is 9.67. The molecule has 32 heavy (non-hydrogen) atoms. The Balaban J connectivity index is 1.52. The second kappa shape index (κ2) is 8.89. The minimum atomic E-state index is -3.92. The predicted molar refractivity (Wildman–Crippen MR) is 124 cm³/mol. The minimum Gasteiger partial charge on any atom is -0.336 e. The minimum absolute atomic E-state index is 0.0624. The SMILES string of the molecule is O=C(Nc1cccc(N2CCNC2=O)c1)c1cccc(S(=O)(=O)Nc2cccc(Cl)c2)c1. The number of hydrogen-bond donors (Lipinski definition) is 3. The number of carbonyl (C=O) groups excluding carboxylic acids is 2. The van der Waals surface area contributed by atoms with E-state index in [1.54, 1.807) is 47.4 Å². The van der Waals surface area contributed by atoms with Gasteiger partial charge >= 0.3 is 6.03 Å². The normalized spacial score (nSPS) is 13.5. The zero-order chi connectivity index (χ0) is 22.7. The Morgan fingerprint density at radius 1 is 0.969 bits per heavy atom. The van der Waals surface area contributed by atoms with Crippen LogP contribution in [0.15, 0.2) is 77.7 Å². The van der Waals surface area contributed by atoms with Crippen LogP contribution in [0.2, 0.25) is 5.02 Å². The van der Waals surface area contributed by atoms with Gasteiger partial charge in [-0.2, -0.15) is 0 Å². The molecule has 1 aliphatic rings. The van der Waals surface area contributed by atoms with E-state index in [4.69, 9.17) is 11.6 Å². The summed E-state index contributed by atoms with van der Waals surface area (Å²) < 4.78 is 27.9. The van der Waals surface area contributed by atoms with Crippen molar-refractivity contribution in [2.75, 3.05) is 28.0 Å². The van der Waals surface area contributed by atoms with Crippen LogP contribution in [0.1, 0.15) is 10.4 Å². The van der Waals surface area contributed by atoms with Gasteiger partial charge in [-0.15, -0.1) is 0 Å². The van der Waals surface area contributed by atoms with Crippen molar-refractivity contribution in [3.8, 4) is 0 Å². The number of hydrogen-bond acceptors (Lipinski definition) is 4. The highest BCUT2D eigenvalue weighted by Gasteiger charge is 2.21. The summed E-state index contributed by atoms with van der Waals surface area (Å²) in [6, 6.07) is 18.7. The third-order valence-corrected chi connectivity index (χ3v) is 6.37. The molecule has 1 fully saturated rings. The van der Waals surface area contributed by atoms with Gasteiger partial charge in [0.25, 0.3) is 15.9 Å². The molecule has 0 aliphatic carbocycles. The van der Waals surface area contributed by atoms with Gasteiger partial charge in [0.2, 0.25) is 0 Å². The smallest absolute Gasteiger partial charge is 0.321 e. The molecule has 3 aromatic rings. The average Bonchev–Trinajstić information content (AvgIpc) is 3.19. The molecule has 0 atom stereocenters. The van der Waals surface area contributed by atoms with Crippen LogP contribution in [-0.2, 0) is 10.0 Å². The highest BCUT2D eigenvalue weighted by molar-refractivity contribution is 7.92. The van der Waals surface area contributed by atoms with E-state index >= 15 is 0 Å². The molecule has 0 saturated carbocycles. The molecular formula is C22H19ClN4O4S. The first kappa shape index (κ1) is 21.7. The van der Waals surface area contributed by atoms with Crippen molar-refractivity contribution in [3.63, 3.8) is 0 Å². The van der Waals surface area contributed by atoms with Crippen molar-refractivity contribution in [2.24, 2.45) is 0 Å². The lowest BCUT2D eigenvalue weighted by atomic mass is 10.2. The predicted octanol–water partition coefficient (Wildman–Crippen LogP) is 3.92. The molecule has 3 N–H and O–H groups in total. The molecule has 1 aliphatic heterocycles. The molecule has 3 aromatic carbocycles. The molecule has 0 bridgehead atoms. The van der Waals surface area contributed by atoms with E-state index in [0.717, 1.165) is 0 Å². The summed E-state index contributed by atoms with van der Waals surface area (Å²) >= 11 is 5.91. The Bertz CT molecular complexity index is 1300. The van der Waals surface area contributed by atoms with E-state index < -0.39 is 15.9 Å². The Morgan fingerprint density at radius 3 is 2.47 bits per heavy atom. The van der Waals surface area contributed by atoms with Crippen molar-refractivity contribution < 1.29 is 18.0 Å². The van der Waals surface area contributed by atoms with Crippen molar-refractivity contribution in [1.82, 2.24) is 5.32 Å². The molecule has 4 rings (SSSR count). The summed E-state index contributed by atoms with van der Waals surface area (Å²) in [4.78, 5) is 26.1. The zero-order valence-corrected chi connectivity index (χ0v) is 18.3. The fourth-order valence-corrected chi connectivity index (χ4v) is 4.53. The molecule has 8 nitrogen and oxygen atoms in total. The Morgan fingerprint density at radius 2 is 1.72 bits per heavy atom. The number of sulfonamides is 1. The number of benzene rings is 3. The number of carbonyl (C=O) groups is 2. The quantitative estimate of drug-likeness (QED) is 0.507. The fraction of sp³-hybridized carbons (Fsp3) is 0.0909. The first-order valence-corrected chi connectivity index (χ1v) is 11.5. The maximum absolute atomic E-state index is 12.8. The summed E-state index contributed by atoms with van der Waals surface area (Å²) in [6.07, 6.45) is 0. The number of rotatable bonds is 6. The largest absolute Gasteiger partial charge is 0.336 e. The molecule has 0 aromatic heterocycles. The van der Waals surface area contributed by atoms with Crippen LogP contribution in [0.3, 0.4) is 0 Å². The van der Waals surface area contributed by atoms with Crippen LogP contribution >= 0.6 is 11.6 Å². The van der Waals surface area contributed by atoms with Crippen molar-refractivity contribution in [1.29, 1.82) is 0 Å². The summed E-state index contributed by atoms with van der Waals surface area (Å²) in [5.74, 6) is -0.479. The van der Waals surface area contributed by atoms with E-state index in [1.807, 2.05) is 0 Å². The van der Waals surface area contributed by atoms with Crippen LogP contribution < -0.4 is 20.3 Å². The molecule has 10 heteroatoms. The van der Waals surface area contributed by atoms with E-state index in [1.165, 1.54) is 30.3 Å². The summed E-state index contributed by atoms with van der Waals surface area (Å²) in [5, 5.41) is 5.86. The number of amides is 3. The number of nitrogens with zero attached hydrogens (tertiary/aromatic N) is 1. The lowest BCUT2D eigenvalue weighted by Crippen LogP contribution is -2.27. The topological polar surface area (TPSA) is 108 Å². The fourth-order valence-electron chi connectivity index (χ4n) is 3.24. The number of anilines is 3. The second-order valence-electron chi connectivity index (χ2n) is 7.03. The van der Waals surface area contributed by atoms with Gasteiger partial charge in [-0.05, 0) is 54.6 Å². The van der Waals surface area contributed by atoms with Crippen molar-refractivity contribution >= 4 is 50.6 Å². The van der Waals surface area contributed by atoms with E-state index in [-0.39, 0.29) is 16.5 Å². The maximum Gasteiger partial charge on any atom is 0.321 e. The van der Waals surface area contributed by atoms with Crippen LogP contribution in [0.25, 0.3) is 0 Å². The average molecular weight is 471 g/mol. The maximum atomic E-state index is 12.8. The van der Waals surface area contributed by atoms with Gasteiger partial charge in [0.15, 0.2) is 0 Å². The van der Waals surface area contributed by atoms with Crippen molar-refractivity contribution in [2.45, 2.75) is 4.90 Å². The van der Waals surface area contributed by atoms with Gasteiger partial charge in [0.05, 0.1) is 10.6 Å². The Labute approximate surface area is 190 Å². The number of halogens is 1. The van der Waals surface area contributed by atoms with Gasteiger partial charge in [0.1, 0.15) is 0 Å². The molecule has 0 unspecified atom stereocenters. The van der Waals surface area contributed by atoms with Gasteiger partial charge in [-0.25, -0.2) is 13.2 Å². The molecule has 1 saturated heterocycles. The lowest BCUT2D eigenvalue weighted by molar-refractivity contribution is 0.102. The summed E-state index contributed by atoms with van der Waals surface area (Å²) in [6.45, 7) is 1.09. The zero-order valence-electron chi connectivity index (χ0n) is 16.7. The molecule has 0 spiro atoms. The molecule has 164 valence electrons. The second-order valence-corrected chi connectivity index (χ2v) is 9.15. The standard InChI is InChI=1S/C22H19ClN4O4S/c23-16-5-2-7-18(13-16)26-32(30,31)20-9-1-4-15(12-20)21(28)25-17-6-3-8-19(14-17)27-11-10-24-22(27)29/h1-9,12-14,26H,10-11H2,(H,24,29)(H,25,28). The van der Waals surface area contributed by atoms with E-state index in [2.05, 4.69) is 15.4 Å². The van der Waals surface area contributed by atoms with E-state index in [9.17, 15) is 18.0 Å². The summed E-state index contributed by atoms with van der Waals surface area (Å²) in [5.41, 5.74) is 1.62. The van der Waals surface area contributed by atoms with Gasteiger partial charge in [-0.1, -0.05) is 29.8 Å². The van der Waals surface area contributed by atoms with Gasteiger partial charge in [-0.3, -0.25) is 14.4 Å². The Hall–Kier alpha value is -3.56. The molecule has 0 radical (unpaired) electrons. The number of urea groups is 1. The molecule has 1 heterocycles.